The molecule has 5 rings (SSSR count). The van der Waals surface area contributed by atoms with Crippen LogP contribution in [-0.4, -0.2) is 49.3 Å². The highest BCUT2D eigenvalue weighted by Crippen LogP contribution is 2.44. The first-order valence-corrected chi connectivity index (χ1v) is 15.3. The van der Waals surface area contributed by atoms with Crippen molar-refractivity contribution in [3.8, 4) is 5.69 Å². The van der Waals surface area contributed by atoms with Gasteiger partial charge in [0.1, 0.15) is 11.9 Å². The van der Waals surface area contributed by atoms with Crippen LogP contribution in [0.25, 0.3) is 5.69 Å². The van der Waals surface area contributed by atoms with Crippen LogP contribution in [0, 0.1) is 11.2 Å². The number of aromatic nitrogens is 1. The average molecular weight is 561 g/mol. The molecule has 0 atom stereocenters. The maximum atomic E-state index is 15.6. The lowest BCUT2D eigenvalue weighted by Gasteiger charge is -2.31. The molecular formula is C28H37FN4O5S. The quantitative estimate of drug-likeness (QED) is 0.460. The Morgan fingerprint density at radius 2 is 1.82 bits per heavy atom. The number of benzene rings is 1. The van der Waals surface area contributed by atoms with Gasteiger partial charge in [0.15, 0.2) is 9.84 Å². The lowest BCUT2D eigenvalue weighted by atomic mass is 9.89. The number of nitrogens with zero attached hydrogens (tertiary/aromatic N) is 1. The maximum Gasteiger partial charge on any atom is 0.319 e. The van der Waals surface area contributed by atoms with Gasteiger partial charge in [0.25, 0.3) is 5.91 Å². The van der Waals surface area contributed by atoms with Gasteiger partial charge in [-0.05, 0) is 80.9 Å². The Morgan fingerprint density at radius 1 is 1.13 bits per heavy atom. The third kappa shape index (κ3) is 5.30. The number of nitrogens with one attached hydrogen (secondary N) is 1. The third-order valence-electron chi connectivity index (χ3n) is 8.13. The van der Waals surface area contributed by atoms with Gasteiger partial charge in [-0.2, -0.15) is 0 Å². The van der Waals surface area contributed by atoms with Gasteiger partial charge in [0, 0.05) is 17.4 Å². The summed E-state index contributed by atoms with van der Waals surface area (Å²) in [6.07, 6.45) is 6.05. The molecule has 5 N–H and O–H groups in total. The zero-order valence-corrected chi connectivity index (χ0v) is 23.3. The van der Waals surface area contributed by atoms with Crippen LogP contribution in [-0.2, 0) is 38.6 Å². The highest BCUT2D eigenvalue weighted by atomic mass is 32.2. The molecule has 1 aromatic carbocycles. The van der Waals surface area contributed by atoms with Gasteiger partial charge in [-0.3, -0.25) is 9.59 Å². The second kappa shape index (κ2) is 10.2. The van der Waals surface area contributed by atoms with E-state index in [9.17, 15) is 18.0 Å². The molecule has 1 fully saturated rings. The molecule has 2 heterocycles. The molecule has 9 nitrogen and oxygen atoms in total. The van der Waals surface area contributed by atoms with E-state index in [4.69, 9.17) is 16.2 Å². The highest BCUT2D eigenvalue weighted by molar-refractivity contribution is 7.91. The Labute approximate surface area is 228 Å². The van der Waals surface area contributed by atoms with Crippen LogP contribution in [0.5, 0.6) is 0 Å². The van der Waals surface area contributed by atoms with Crippen LogP contribution < -0.4 is 16.8 Å². The number of primary amides is 1. The number of carbonyl (C=O) groups is 2. The largest absolute Gasteiger partial charge is 0.461 e. The molecule has 1 aromatic heterocycles. The molecule has 3 aliphatic rings. The Kier molecular flexibility index (Phi) is 7.26. The summed E-state index contributed by atoms with van der Waals surface area (Å²) in [5.74, 6) is -2.00. The van der Waals surface area contributed by atoms with Crippen LogP contribution in [0.1, 0.15) is 79.7 Å². The molecule has 0 unspecified atom stereocenters. The summed E-state index contributed by atoms with van der Waals surface area (Å²) in [4.78, 5) is 24.3. The molecule has 1 amide bonds. The fraction of sp³-hybridized carbons (Fsp3) is 0.571. The van der Waals surface area contributed by atoms with Crippen molar-refractivity contribution in [1.82, 2.24) is 4.57 Å². The van der Waals surface area contributed by atoms with Gasteiger partial charge in [0.2, 0.25) is 0 Å². The normalized spacial score (nSPS) is 23.4. The number of rotatable bonds is 6. The van der Waals surface area contributed by atoms with E-state index in [1.165, 1.54) is 6.07 Å². The number of ether oxygens (including phenoxy) is 1. The van der Waals surface area contributed by atoms with E-state index in [1.54, 1.807) is 6.07 Å². The number of hydrogen-bond acceptors (Lipinski definition) is 7. The van der Waals surface area contributed by atoms with Crippen molar-refractivity contribution >= 4 is 27.4 Å². The number of halogens is 1. The van der Waals surface area contributed by atoms with E-state index in [1.807, 2.05) is 18.4 Å². The standard InChI is InChI=1S/C28H37FN4O5S/c1-28(2)13-23-26(39(36,37)15-28)19-5-3-4-6-22(19)33(23)17-11-20(29)25(27(31)35)21(12-17)32-16-7-9-18(10-8-16)38-24(34)14-30/h11-12,16,18,32H,3-10,13-15,30H2,1-2H3,(H2,31,35)/t16-,18-. The lowest BCUT2D eigenvalue weighted by molar-refractivity contribution is -0.148. The van der Waals surface area contributed by atoms with Crippen molar-refractivity contribution in [3.05, 3.63) is 40.5 Å². The average Bonchev–Trinajstić information content (AvgIpc) is 3.17. The second-order valence-electron chi connectivity index (χ2n) is 11.9. The van der Waals surface area contributed by atoms with Crippen molar-refractivity contribution in [2.24, 2.45) is 16.9 Å². The lowest BCUT2D eigenvalue weighted by Crippen LogP contribution is -2.33. The van der Waals surface area contributed by atoms with Crippen LogP contribution in [0.3, 0.4) is 0 Å². The topological polar surface area (TPSA) is 147 Å². The fourth-order valence-corrected chi connectivity index (χ4v) is 9.01. The predicted octanol–water partition coefficient (Wildman–Crippen LogP) is 3.18. The molecule has 0 spiro atoms. The number of hydrogen-bond donors (Lipinski definition) is 3. The predicted molar refractivity (Wildman–Crippen MR) is 145 cm³/mol. The highest BCUT2D eigenvalue weighted by Gasteiger charge is 2.42. The summed E-state index contributed by atoms with van der Waals surface area (Å²) in [7, 11) is -3.51. The van der Waals surface area contributed by atoms with Crippen LogP contribution in [0.4, 0.5) is 10.1 Å². The van der Waals surface area contributed by atoms with E-state index in [0.29, 0.717) is 61.2 Å². The number of carbonyl (C=O) groups excluding carboxylic acids is 2. The molecule has 39 heavy (non-hydrogen) atoms. The monoisotopic (exact) mass is 560 g/mol. The summed E-state index contributed by atoms with van der Waals surface area (Å²) in [6, 6.07) is 2.92. The minimum absolute atomic E-state index is 0.0779. The summed E-state index contributed by atoms with van der Waals surface area (Å²) in [5.41, 5.74) is 13.5. The van der Waals surface area contributed by atoms with Gasteiger partial charge >= 0.3 is 5.97 Å². The van der Waals surface area contributed by atoms with Gasteiger partial charge in [-0.15, -0.1) is 0 Å². The SMILES string of the molecule is CC1(C)Cc2c(c3c(n2-c2cc(F)c(C(N)=O)c(N[C@H]4CC[C@H](OC(=O)CN)CC4)c2)CCCC3)S(=O)(=O)C1. The van der Waals surface area contributed by atoms with Gasteiger partial charge in [-0.1, -0.05) is 13.8 Å². The molecule has 2 aromatic rings. The summed E-state index contributed by atoms with van der Waals surface area (Å²) >= 11 is 0. The summed E-state index contributed by atoms with van der Waals surface area (Å²) in [6.45, 7) is 3.71. The van der Waals surface area contributed by atoms with E-state index >= 15 is 4.39 Å². The molecule has 2 aliphatic carbocycles. The number of esters is 1. The zero-order chi connectivity index (χ0) is 28.1. The molecule has 1 aliphatic heterocycles. The minimum Gasteiger partial charge on any atom is -0.461 e. The molecule has 0 bridgehead atoms. The van der Waals surface area contributed by atoms with Crippen LogP contribution in [0.2, 0.25) is 0 Å². The minimum atomic E-state index is -3.51. The second-order valence-corrected chi connectivity index (χ2v) is 13.8. The van der Waals surface area contributed by atoms with Crippen LogP contribution >= 0.6 is 0 Å². The maximum absolute atomic E-state index is 15.6. The first-order valence-electron chi connectivity index (χ1n) is 13.7. The molecular weight excluding hydrogens is 523 g/mol. The molecule has 212 valence electrons. The molecule has 11 heteroatoms. The van der Waals surface area contributed by atoms with Crippen molar-refractivity contribution < 1.29 is 27.1 Å². The van der Waals surface area contributed by atoms with Gasteiger partial charge < -0.3 is 26.1 Å². The van der Waals surface area contributed by atoms with Crippen LogP contribution in [0.15, 0.2) is 17.0 Å². The molecule has 1 saturated carbocycles. The van der Waals surface area contributed by atoms with Gasteiger partial charge in [-0.25, -0.2) is 12.8 Å². The number of amides is 1. The Bertz CT molecular complexity index is 1420. The molecule has 0 saturated heterocycles. The Morgan fingerprint density at radius 3 is 2.49 bits per heavy atom. The van der Waals surface area contributed by atoms with E-state index in [2.05, 4.69) is 5.32 Å². The molecule has 0 radical (unpaired) electrons. The van der Waals surface area contributed by atoms with Gasteiger partial charge in [0.05, 0.1) is 34.1 Å². The zero-order valence-electron chi connectivity index (χ0n) is 22.5. The first kappa shape index (κ1) is 27.6. The van der Waals surface area contributed by atoms with E-state index in [0.717, 1.165) is 24.1 Å². The fourth-order valence-electron chi connectivity index (χ4n) is 6.61. The van der Waals surface area contributed by atoms with Crippen molar-refractivity contribution in [3.63, 3.8) is 0 Å². The number of sulfone groups is 1. The van der Waals surface area contributed by atoms with Crippen molar-refractivity contribution in [2.75, 3.05) is 17.6 Å². The smallest absolute Gasteiger partial charge is 0.319 e. The summed E-state index contributed by atoms with van der Waals surface area (Å²) in [5, 5.41) is 3.32. The van der Waals surface area contributed by atoms with E-state index < -0.39 is 32.9 Å². The Hall–Kier alpha value is -2.92. The van der Waals surface area contributed by atoms with Crippen molar-refractivity contribution in [2.45, 2.75) is 88.7 Å². The number of anilines is 1. The Balaban J connectivity index is 1.55. The number of nitrogens with two attached hydrogens (primary N) is 2. The summed E-state index contributed by atoms with van der Waals surface area (Å²) < 4.78 is 49.8. The third-order valence-corrected chi connectivity index (χ3v) is 10.4. The first-order chi connectivity index (χ1) is 18.4. The number of fused-ring (bicyclic) bond motifs is 3. The van der Waals surface area contributed by atoms with Crippen molar-refractivity contribution in [1.29, 1.82) is 0 Å². The van der Waals surface area contributed by atoms with E-state index in [-0.39, 0.29) is 35.7 Å².